The van der Waals surface area contributed by atoms with Gasteiger partial charge < -0.3 is 15.0 Å². The summed E-state index contributed by atoms with van der Waals surface area (Å²) < 4.78 is 32.3. The highest BCUT2D eigenvalue weighted by atomic mass is 127. The molecule has 28 heavy (non-hydrogen) atoms. The summed E-state index contributed by atoms with van der Waals surface area (Å²) >= 11 is 1.57. The Morgan fingerprint density at radius 1 is 1.36 bits per heavy atom. The number of halogens is 3. The molecule has 9 heteroatoms. The third-order valence-corrected chi connectivity index (χ3v) is 5.36. The Balaban J connectivity index is 0.00000392. The highest BCUT2D eigenvalue weighted by Gasteiger charge is 2.15. The smallest absolute Gasteiger partial charge is 0.193 e. The van der Waals surface area contributed by atoms with Crippen LogP contribution in [0.3, 0.4) is 0 Å². The van der Waals surface area contributed by atoms with Crippen molar-refractivity contribution in [1.29, 1.82) is 0 Å². The molecular formula is C19H27F2IN4OS. The lowest BCUT2D eigenvalue weighted by Gasteiger charge is -2.23. The highest BCUT2D eigenvalue weighted by Crippen LogP contribution is 2.21. The maximum absolute atomic E-state index is 13.9. The highest BCUT2D eigenvalue weighted by molar-refractivity contribution is 14.0. The first-order valence-corrected chi connectivity index (χ1v) is 9.57. The second-order valence-electron chi connectivity index (χ2n) is 6.41. The van der Waals surface area contributed by atoms with Crippen LogP contribution in [0.4, 0.5) is 8.78 Å². The normalized spacial score (nSPS) is 13.6. The van der Waals surface area contributed by atoms with Gasteiger partial charge in [-0.15, -0.1) is 35.3 Å². The molecule has 0 amide bonds. The van der Waals surface area contributed by atoms with E-state index in [0.29, 0.717) is 24.6 Å². The van der Waals surface area contributed by atoms with Crippen LogP contribution in [0.15, 0.2) is 28.6 Å². The Bertz CT molecular complexity index is 787. The van der Waals surface area contributed by atoms with Crippen LogP contribution in [-0.4, -0.2) is 43.6 Å². The molecule has 0 aliphatic heterocycles. The molecule has 0 fully saturated rings. The van der Waals surface area contributed by atoms with Gasteiger partial charge in [-0.05, 0) is 18.6 Å². The van der Waals surface area contributed by atoms with Gasteiger partial charge >= 0.3 is 0 Å². The molecule has 2 unspecified atom stereocenters. The van der Waals surface area contributed by atoms with E-state index in [4.69, 9.17) is 4.74 Å². The van der Waals surface area contributed by atoms with Crippen LogP contribution >= 0.6 is 35.3 Å². The van der Waals surface area contributed by atoms with Gasteiger partial charge in [0.05, 0.1) is 12.2 Å². The zero-order chi connectivity index (χ0) is 20.0. The Hall–Kier alpha value is -1.33. The summed E-state index contributed by atoms with van der Waals surface area (Å²) in [6.45, 7) is 4.91. The number of thiazole rings is 1. The fraction of sp³-hybridized carbons (Fsp3) is 0.474. The van der Waals surface area contributed by atoms with Crippen molar-refractivity contribution in [1.82, 2.24) is 15.2 Å². The minimum absolute atomic E-state index is 0. The number of benzene rings is 1. The topological polar surface area (TPSA) is 49.8 Å². The molecule has 1 heterocycles. The van der Waals surface area contributed by atoms with Gasteiger partial charge in [0.2, 0.25) is 0 Å². The monoisotopic (exact) mass is 524 g/mol. The predicted octanol–water partition coefficient (Wildman–Crippen LogP) is 4.56. The van der Waals surface area contributed by atoms with Crippen LogP contribution in [0.2, 0.25) is 0 Å². The van der Waals surface area contributed by atoms with Crippen molar-refractivity contribution in [2.24, 2.45) is 4.99 Å². The molecule has 1 aromatic heterocycles. The average Bonchev–Trinajstić information content (AvgIpc) is 3.09. The van der Waals surface area contributed by atoms with Crippen LogP contribution in [0.25, 0.3) is 0 Å². The first-order chi connectivity index (χ1) is 12.8. The maximum Gasteiger partial charge on any atom is 0.193 e. The average molecular weight is 524 g/mol. The van der Waals surface area contributed by atoms with Gasteiger partial charge in [0, 0.05) is 45.1 Å². The molecule has 1 aromatic carbocycles. The van der Waals surface area contributed by atoms with Crippen molar-refractivity contribution in [2.75, 3.05) is 27.7 Å². The number of ether oxygens (including phenoxy) is 1. The van der Waals surface area contributed by atoms with Crippen molar-refractivity contribution < 1.29 is 13.5 Å². The predicted molar refractivity (Wildman–Crippen MR) is 121 cm³/mol. The van der Waals surface area contributed by atoms with Crippen LogP contribution < -0.4 is 5.32 Å². The summed E-state index contributed by atoms with van der Waals surface area (Å²) in [5.74, 6) is -0.560. The quantitative estimate of drug-likeness (QED) is 0.328. The fourth-order valence-corrected chi connectivity index (χ4v) is 3.48. The van der Waals surface area contributed by atoms with Crippen molar-refractivity contribution in [3.63, 3.8) is 0 Å². The number of methoxy groups -OCH3 is 1. The van der Waals surface area contributed by atoms with E-state index in [1.807, 2.05) is 31.2 Å². The first kappa shape index (κ1) is 24.7. The molecule has 5 nitrogen and oxygen atoms in total. The molecule has 0 aliphatic carbocycles. The van der Waals surface area contributed by atoms with E-state index >= 15 is 0 Å². The Morgan fingerprint density at radius 3 is 2.68 bits per heavy atom. The fourth-order valence-electron chi connectivity index (χ4n) is 2.64. The molecule has 0 saturated carbocycles. The zero-order valence-electron chi connectivity index (χ0n) is 16.7. The van der Waals surface area contributed by atoms with E-state index in [1.165, 1.54) is 12.1 Å². The van der Waals surface area contributed by atoms with E-state index in [-0.39, 0.29) is 36.0 Å². The van der Waals surface area contributed by atoms with Gasteiger partial charge in [-0.2, -0.15) is 0 Å². The maximum atomic E-state index is 13.9. The van der Waals surface area contributed by atoms with E-state index in [9.17, 15) is 8.78 Å². The number of nitrogens with zero attached hydrogens (tertiary/aromatic N) is 3. The minimum Gasteiger partial charge on any atom is -0.375 e. The number of hydrogen-bond donors (Lipinski definition) is 1. The molecule has 0 spiro atoms. The Kier molecular flexibility index (Phi) is 10.3. The van der Waals surface area contributed by atoms with Crippen molar-refractivity contribution in [3.05, 3.63) is 51.5 Å². The molecule has 156 valence electrons. The van der Waals surface area contributed by atoms with E-state index in [2.05, 4.69) is 15.3 Å². The SMILES string of the molecule is CN=C(NCC(C)c1ccc(F)cc1F)N(C)Cc1csc(C(C)OC)n1.I. The largest absolute Gasteiger partial charge is 0.375 e. The summed E-state index contributed by atoms with van der Waals surface area (Å²) in [6, 6.07) is 3.67. The lowest BCUT2D eigenvalue weighted by Crippen LogP contribution is -2.40. The molecule has 0 saturated heterocycles. The van der Waals surface area contributed by atoms with Crippen molar-refractivity contribution in [3.8, 4) is 0 Å². The molecule has 1 N–H and O–H groups in total. The summed E-state index contributed by atoms with van der Waals surface area (Å²) in [5, 5.41) is 6.18. The summed E-state index contributed by atoms with van der Waals surface area (Å²) in [5.41, 5.74) is 1.40. The first-order valence-electron chi connectivity index (χ1n) is 8.69. The van der Waals surface area contributed by atoms with E-state index in [0.717, 1.165) is 16.8 Å². The molecule has 0 bridgehead atoms. The van der Waals surface area contributed by atoms with Gasteiger partial charge in [0.1, 0.15) is 22.7 Å². The van der Waals surface area contributed by atoms with Crippen molar-refractivity contribution in [2.45, 2.75) is 32.4 Å². The third-order valence-electron chi connectivity index (χ3n) is 4.30. The minimum atomic E-state index is -0.572. The van der Waals surface area contributed by atoms with Crippen LogP contribution in [0, 0.1) is 11.6 Å². The van der Waals surface area contributed by atoms with Crippen LogP contribution in [0.1, 0.15) is 42.1 Å². The van der Waals surface area contributed by atoms with Gasteiger partial charge in [-0.3, -0.25) is 4.99 Å². The van der Waals surface area contributed by atoms with Crippen molar-refractivity contribution >= 4 is 41.3 Å². The standard InChI is InChI=1S/C19H26F2N4OS.HI/c1-12(16-7-6-14(20)8-17(16)21)9-23-19(22-3)25(4)10-15-11-27-18(24-15)13(2)26-5;/h6-8,11-13H,9-10H2,1-5H3,(H,22,23);1H. The van der Waals surface area contributed by atoms with Gasteiger partial charge in [0.15, 0.2) is 5.96 Å². The third kappa shape index (κ3) is 6.63. The van der Waals surface area contributed by atoms with Gasteiger partial charge in [-0.25, -0.2) is 13.8 Å². The number of guanidine groups is 1. The van der Waals surface area contributed by atoms with Gasteiger partial charge in [0.25, 0.3) is 0 Å². The molecule has 2 rings (SSSR count). The van der Waals surface area contributed by atoms with Crippen LogP contribution in [0.5, 0.6) is 0 Å². The lowest BCUT2D eigenvalue weighted by molar-refractivity contribution is 0.119. The molecule has 2 aromatic rings. The zero-order valence-corrected chi connectivity index (χ0v) is 19.8. The van der Waals surface area contributed by atoms with Crippen LogP contribution in [-0.2, 0) is 11.3 Å². The van der Waals surface area contributed by atoms with Gasteiger partial charge in [-0.1, -0.05) is 13.0 Å². The molecule has 0 radical (unpaired) electrons. The lowest BCUT2D eigenvalue weighted by atomic mass is 10.0. The number of nitrogens with one attached hydrogen (secondary N) is 1. The number of rotatable bonds is 7. The number of hydrogen-bond acceptors (Lipinski definition) is 4. The van der Waals surface area contributed by atoms with E-state index < -0.39 is 11.6 Å². The van der Waals surface area contributed by atoms with E-state index in [1.54, 1.807) is 25.5 Å². The summed E-state index contributed by atoms with van der Waals surface area (Å²) in [7, 11) is 5.27. The Labute approximate surface area is 186 Å². The molecule has 2 atom stereocenters. The second-order valence-corrected chi connectivity index (χ2v) is 7.30. The molecule has 0 aliphatic rings. The Morgan fingerprint density at radius 2 is 2.07 bits per heavy atom. The second kappa shape index (κ2) is 11.6. The number of aliphatic imine (C=N–C) groups is 1. The summed E-state index contributed by atoms with van der Waals surface area (Å²) in [6.07, 6.45) is -0.0297. The summed E-state index contributed by atoms with van der Waals surface area (Å²) in [4.78, 5) is 10.8. The number of aromatic nitrogens is 1. The molecular weight excluding hydrogens is 497 g/mol.